The topological polar surface area (TPSA) is 29.1 Å². The number of hydrogen-bond donors (Lipinski definition) is 1. The van der Waals surface area contributed by atoms with E-state index >= 15 is 0 Å². The van der Waals surface area contributed by atoms with Gasteiger partial charge in [0.25, 0.3) is 0 Å². The van der Waals surface area contributed by atoms with Crippen LogP contribution in [0.2, 0.25) is 0 Å². The van der Waals surface area contributed by atoms with Crippen LogP contribution in [0.1, 0.15) is 43.7 Å². The Morgan fingerprint density at radius 1 is 1.28 bits per heavy atom. The summed E-state index contributed by atoms with van der Waals surface area (Å²) in [5, 5.41) is 3.04. The molecule has 1 aliphatic rings. The molecule has 0 bridgehead atoms. The summed E-state index contributed by atoms with van der Waals surface area (Å²) in [6, 6.07) is 9.85. The van der Waals surface area contributed by atoms with Crippen LogP contribution in [0.5, 0.6) is 0 Å². The third kappa shape index (κ3) is 3.74. The maximum absolute atomic E-state index is 12.0. The van der Waals surface area contributed by atoms with Gasteiger partial charge in [0.2, 0.25) is 5.91 Å². The molecule has 2 nitrogen and oxygen atoms in total. The van der Waals surface area contributed by atoms with E-state index in [1.54, 1.807) is 0 Å². The fourth-order valence-corrected chi connectivity index (χ4v) is 2.88. The Bertz CT molecular complexity index is 373. The van der Waals surface area contributed by atoms with Crippen LogP contribution in [0.15, 0.2) is 30.3 Å². The van der Waals surface area contributed by atoms with E-state index in [0.29, 0.717) is 18.2 Å². The summed E-state index contributed by atoms with van der Waals surface area (Å²) in [5.74, 6) is 1.13. The lowest BCUT2D eigenvalue weighted by Crippen LogP contribution is -2.30. The van der Waals surface area contributed by atoms with Crippen LogP contribution in [0.3, 0.4) is 0 Å². The van der Waals surface area contributed by atoms with Gasteiger partial charge in [-0.25, -0.2) is 0 Å². The van der Waals surface area contributed by atoms with E-state index in [9.17, 15) is 4.79 Å². The lowest BCUT2D eigenvalue weighted by Gasteiger charge is -2.18. The molecular formula is C15H20ClNO. The van der Waals surface area contributed by atoms with Crippen LogP contribution in [0, 0.1) is 5.92 Å². The summed E-state index contributed by atoms with van der Waals surface area (Å²) in [6.07, 6.45) is 5.60. The molecule has 1 unspecified atom stereocenters. The van der Waals surface area contributed by atoms with Crippen molar-refractivity contribution >= 4 is 17.5 Å². The minimum absolute atomic E-state index is 0.0678. The lowest BCUT2D eigenvalue weighted by molar-refractivity contribution is -0.122. The Morgan fingerprint density at radius 3 is 2.56 bits per heavy atom. The molecule has 1 N–H and O–H groups in total. The summed E-state index contributed by atoms with van der Waals surface area (Å²) >= 11 is 5.95. The second-order valence-electron chi connectivity index (χ2n) is 5.04. The minimum Gasteiger partial charge on any atom is -0.348 e. The van der Waals surface area contributed by atoms with Crippen molar-refractivity contribution in [2.75, 3.05) is 5.88 Å². The first kappa shape index (κ1) is 13.4. The summed E-state index contributed by atoms with van der Waals surface area (Å²) in [6.45, 7) is 0. The van der Waals surface area contributed by atoms with Crippen LogP contribution in [0.4, 0.5) is 0 Å². The first-order valence-electron chi connectivity index (χ1n) is 6.70. The van der Waals surface area contributed by atoms with Gasteiger partial charge in [0.05, 0.1) is 6.04 Å². The maximum atomic E-state index is 12.0. The van der Waals surface area contributed by atoms with E-state index in [0.717, 1.165) is 5.56 Å². The SMILES string of the molecule is O=C(CC1CCCC1)NC(CCl)c1ccccc1. The van der Waals surface area contributed by atoms with Crippen molar-refractivity contribution in [3.8, 4) is 0 Å². The van der Waals surface area contributed by atoms with E-state index in [2.05, 4.69) is 5.32 Å². The Kier molecular flexibility index (Phi) is 5.06. The third-order valence-corrected chi connectivity index (χ3v) is 3.95. The Labute approximate surface area is 114 Å². The molecule has 98 valence electrons. The molecule has 0 aromatic heterocycles. The van der Waals surface area contributed by atoms with Gasteiger partial charge in [0.1, 0.15) is 0 Å². The van der Waals surface area contributed by atoms with Crippen molar-refractivity contribution in [3.05, 3.63) is 35.9 Å². The largest absolute Gasteiger partial charge is 0.348 e. The van der Waals surface area contributed by atoms with Gasteiger partial charge in [-0.15, -0.1) is 11.6 Å². The molecule has 1 aromatic rings. The Balaban J connectivity index is 1.87. The minimum atomic E-state index is -0.0678. The van der Waals surface area contributed by atoms with E-state index in [1.807, 2.05) is 30.3 Å². The van der Waals surface area contributed by atoms with Gasteiger partial charge in [-0.3, -0.25) is 4.79 Å². The van der Waals surface area contributed by atoms with E-state index < -0.39 is 0 Å². The number of benzene rings is 1. The quantitative estimate of drug-likeness (QED) is 0.809. The van der Waals surface area contributed by atoms with Crippen molar-refractivity contribution in [2.45, 2.75) is 38.1 Å². The summed E-state index contributed by atoms with van der Waals surface area (Å²) in [4.78, 5) is 12.0. The molecular weight excluding hydrogens is 246 g/mol. The lowest BCUT2D eigenvalue weighted by atomic mass is 10.0. The maximum Gasteiger partial charge on any atom is 0.220 e. The number of alkyl halides is 1. The van der Waals surface area contributed by atoms with Crippen LogP contribution >= 0.6 is 11.6 Å². The van der Waals surface area contributed by atoms with E-state index in [1.165, 1.54) is 25.7 Å². The van der Waals surface area contributed by atoms with Crippen molar-refractivity contribution in [2.24, 2.45) is 5.92 Å². The number of nitrogens with one attached hydrogen (secondary N) is 1. The van der Waals surface area contributed by atoms with Gasteiger partial charge in [0.15, 0.2) is 0 Å². The average molecular weight is 266 g/mol. The molecule has 1 atom stereocenters. The van der Waals surface area contributed by atoms with Crippen molar-refractivity contribution in [3.63, 3.8) is 0 Å². The van der Waals surface area contributed by atoms with Crippen molar-refractivity contribution < 1.29 is 4.79 Å². The normalized spacial score (nSPS) is 17.6. The van der Waals surface area contributed by atoms with Crippen LogP contribution in [-0.2, 0) is 4.79 Å². The second-order valence-corrected chi connectivity index (χ2v) is 5.35. The number of amides is 1. The van der Waals surface area contributed by atoms with Gasteiger partial charge in [0, 0.05) is 12.3 Å². The average Bonchev–Trinajstić information content (AvgIpc) is 2.90. The molecule has 2 rings (SSSR count). The molecule has 0 spiro atoms. The summed E-state index contributed by atoms with van der Waals surface area (Å²) in [7, 11) is 0. The van der Waals surface area contributed by atoms with Gasteiger partial charge < -0.3 is 5.32 Å². The monoisotopic (exact) mass is 265 g/mol. The first-order chi connectivity index (χ1) is 8.79. The molecule has 1 amide bonds. The van der Waals surface area contributed by atoms with Crippen LogP contribution < -0.4 is 5.32 Å². The second kappa shape index (κ2) is 6.79. The molecule has 1 aromatic carbocycles. The summed E-state index contributed by atoms with van der Waals surface area (Å²) in [5.41, 5.74) is 1.08. The third-order valence-electron chi connectivity index (χ3n) is 3.64. The van der Waals surface area contributed by atoms with Gasteiger partial charge >= 0.3 is 0 Å². The fourth-order valence-electron chi connectivity index (χ4n) is 2.63. The highest BCUT2D eigenvalue weighted by Crippen LogP contribution is 2.27. The predicted octanol–water partition coefficient (Wildman–Crippen LogP) is 3.66. The molecule has 1 aliphatic carbocycles. The first-order valence-corrected chi connectivity index (χ1v) is 7.23. The molecule has 0 aliphatic heterocycles. The number of hydrogen-bond acceptors (Lipinski definition) is 1. The Hall–Kier alpha value is -1.02. The zero-order valence-corrected chi connectivity index (χ0v) is 11.3. The fraction of sp³-hybridized carbons (Fsp3) is 0.533. The highest BCUT2D eigenvalue weighted by molar-refractivity contribution is 6.18. The molecule has 0 heterocycles. The Morgan fingerprint density at radius 2 is 1.94 bits per heavy atom. The molecule has 1 saturated carbocycles. The van der Waals surface area contributed by atoms with Crippen molar-refractivity contribution in [1.82, 2.24) is 5.32 Å². The predicted molar refractivity (Wildman–Crippen MR) is 74.6 cm³/mol. The van der Waals surface area contributed by atoms with E-state index in [4.69, 9.17) is 11.6 Å². The molecule has 0 radical (unpaired) electrons. The van der Waals surface area contributed by atoms with E-state index in [-0.39, 0.29) is 11.9 Å². The smallest absolute Gasteiger partial charge is 0.220 e. The number of halogens is 1. The number of carbonyl (C=O) groups is 1. The molecule has 3 heteroatoms. The number of carbonyl (C=O) groups excluding carboxylic acids is 1. The molecule has 0 saturated heterocycles. The highest BCUT2D eigenvalue weighted by atomic mass is 35.5. The summed E-state index contributed by atoms with van der Waals surface area (Å²) < 4.78 is 0. The van der Waals surface area contributed by atoms with Crippen molar-refractivity contribution in [1.29, 1.82) is 0 Å². The van der Waals surface area contributed by atoms with Gasteiger partial charge in [-0.1, -0.05) is 43.2 Å². The zero-order valence-electron chi connectivity index (χ0n) is 10.6. The molecule has 1 fully saturated rings. The van der Waals surface area contributed by atoms with Crippen LogP contribution in [0.25, 0.3) is 0 Å². The molecule has 18 heavy (non-hydrogen) atoms. The standard InChI is InChI=1S/C15H20ClNO/c16-11-14(13-8-2-1-3-9-13)17-15(18)10-12-6-4-5-7-12/h1-3,8-9,12,14H,4-7,10-11H2,(H,17,18). The zero-order chi connectivity index (χ0) is 12.8. The van der Waals surface area contributed by atoms with Crippen LogP contribution in [-0.4, -0.2) is 11.8 Å². The van der Waals surface area contributed by atoms with Gasteiger partial charge in [-0.05, 0) is 24.3 Å². The highest BCUT2D eigenvalue weighted by Gasteiger charge is 2.20. The number of rotatable bonds is 5. The van der Waals surface area contributed by atoms with Gasteiger partial charge in [-0.2, -0.15) is 0 Å².